The highest BCUT2D eigenvalue weighted by Crippen LogP contribution is 2.28. The van der Waals surface area contributed by atoms with Crippen molar-refractivity contribution in [3.63, 3.8) is 0 Å². The minimum Gasteiger partial charge on any atom is -0.136 e. The predicted octanol–water partition coefficient (Wildman–Crippen LogP) is 4.49. The third-order valence-electron chi connectivity index (χ3n) is 1.95. The molecule has 0 aliphatic heterocycles. The average molecular weight is 253 g/mol. The lowest BCUT2D eigenvalue weighted by atomic mass is 10.1. The molecule has 0 bridgehead atoms. The van der Waals surface area contributed by atoms with Gasteiger partial charge in [-0.25, -0.2) is 0 Å². The Morgan fingerprint density at radius 1 is 1.08 bits per heavy atom. The van der Waals surface area contributed by atoms with E-state index in [2.05, 4.69) is 58.6 Å². The highest BCUT2D eigenvalue weighted by atomic mass is 79.9. The fourth-order valence-electron chi connectivity index (χ4n) is 1.21. The zero-order chi connectivity index (χ0) is 9.26. The zero-order valence-electron chi connectivity index (χ0n) is 7.25. The topological polar surface area (TPSA) is 0 Å². The Kier molecular flexibility index (Phi) is 2.51. The third-order valence-corrected chi connectivity index (χ3v) is 3.46. The second-order valence-electron chi connectivity index (χ2n) is 3.01. The van der Waals surface area contributed by atoms with Crippen LogP contribution in [-0.4, -0.2) is 0 Å². The molecular formula is C11H9BrS. The molecule has 0 saturated heterocycles. The van der Waals surface area contributed by atoms with E-state index in [9.17, 15) is 0 Å². The first-order valence-corrected chi connectivity index (χ1v) is 5.74. The van der Waals surface area contributed by atoms with Gasteiger partial charge in [0, 0.05) is 0 Å². The molecule has 0 unspecified atom stereocenters. The van der Waals surface area contributed by atoms with Crippen LogP contribution in [0.2, 0.25) is 0 Å². The Morgan fingerprint density at radius 2 is 1.77 bits per heavy atom. The van der Waals surface area contributed by atoms with Gasteiger partial charge >= 0.3 is 0 Å². The smallest absolute Gasteiger partial charge is 0.0704 e. The molecule has 0 spiro atoms. The average Bonchev–Trinajstić information content (AvgIpc) is 2.53. The van der Waals surface area contributed by atoms with Gasteiger partial charge in [-0.3, -0.25) is 0 Å². The molecule has 0 saturated carbocycles. The number of benzene rings is 1. The van der Waals surface area contributed by atoms with Gasteiger partial charge in [0.05, 0.1) is 3.79 Å². The van der Waals surface area contributed by atoms with Crippen LogP contribution in [0.25, 0.3) is 11.1 Å². The predicted molar refractivity (Wildman–Crippen MR) is 62.2 cm³/mol. The maximum Gasteiger partial charge on any atom is 0.0704 e. The summed E-state index contributed by atoms with van der Waals surface area (Å²) in [5, 5.41) is 2.16. The number of hydrogen-bond donors (Lipinski definition) is 0. The van der Waals surface area contributed by atoms with E-state index < -0.39 is 0 Å². The summed E-state index contributed by atoms with van der Waals surface area (Å²) in [5.41, 5.74) is 3.88. The second kappa shape index (κ2) is 3.64. The molecule has 0 aliphatic carbocycles. The molecule has 66 valence electrons. The molecule has 13 heavy (non-hydrogen) atoms. The van der Waals surface area contributed by atoms with Crippen molar-refractivity contribution in [2.75, 3.05) is 0 Å². The van der Waals surface area contributed by atoms with Gasteiger partial charge in [-0.2, -0.15) is 0 Å². The van der Waals surface area contributed by atoms with E-state index in [0.29, 0.717) is 0 Å². The van der Waals surface area contributed by atoms with E-state index in [4.69, 9.17) is 0 Å². The van der Waals surface area contributed by atoms with Crippen LogP contribution in [0.1, 0.15) is 5.56 Å². The van der Waals surface area contributed by atoms with E-state index in [1.54, 1.807) is 11.3 Å². The standard InChI is InChI=1S/C11H9BrS/c1-8-2-4-9(5-3-8)10-6-11(12)13-7-10/h2-7H,1H3. The van der Waals surface area contributed by atoms with Crippen molar-refractivity contribution < 1.29 is 0 Å². The number of thiophene rings is 1. The van der Waals surface area contributed by atoms with Gasteiger partial charge in [-0.1, -0.05) is 29.8 Å². The van der Waals surface area contributed by atoms with E-state index >= 15 is 0 Å². The van der Waals surface area contributed by atoms with Crippen LogP contribution in [0, 0.1) is 6.92 Å². The van der Waals surface area contributed by atoms with Crippen LogP contribution in [0.15, 0.2) is 39.5 Å². The van der Waals surface area contributed by atoms with Gasteiger partial charge < -0.3 is 0 Å². The second-order valence-corrected chi connectivity index (χ2v) is 5.30. The Labute approximate surface area is 90.4 Å². The number of rotatable bonds is 1. The van der Waals surface area contributed by atoms with Crippen molar-refractivity contribution in [3.8, 4) is 11.1 Å². The van der Waals surface area contributed by atoms with E-state index in [1.807, 2.05) is 0 Å². The largest absolute Gasteiger partial charge is 0.136 e. The molecule has 0 nitrogen and oxygen atoms in total. The Balaban J connectivity index is 2.41. The van der Waals surface area contributed by atoms with Gasteiger partial charge in [0.1, 0.15) is 0 Å². The van der Waals surface area contributed by atoms with Crippen molar-refractivity contribution in [2.24, 2.45) is 0 Å². The summed E-state index contributed by atoms with van der Waals surface area (Å²) in [6.45, 7) is 2.10. The first-order valence-electron chi connectivity index (χ1n) is 4.07. The minimum absolute atomic E-state index is 1.18. The van der Waals surface area contributed by atoms with Crippen molar-refractivity contribution in [1.29, 1.82) is 0 Å². The first kappa shape index (κ1) is 8.97. The minimum atomic E-state index is 1.18. The summed E-state index contributed by atoms with van der Waals surface area (Å²) < 4.78 is 1.18. The summed E-state index contributed by atoms with van der Waals surface area (Å²) in [5.74, 6) is 0. The van der Waals surface area contributed by atoms with Gasteiger partial charge in [0.25, 0.3) is 0 Å². The van der Waals surface area contributed by atoms with Crippen LogP contribution < -0.4 is 0 Å². The normalized spacial score (nSPS) is 10.3. The Morgan fingerprint density at radius 3 is 2.31 bits per heavy atom. The molecule has 1 aromatic carbocycles. The summed E-state index contributed by atoms with van der Waals surface area (Å²) in [6.07, 6.45) is 0. The van der Waals surface area contributed by atoms with Gasteiger partial charge in [-0.05, 0) is 45.4 Å². The number of hydrogen-bond acceptors (Lipinski definition) is 1. The number of aryl methyl sites for hydroxylation is 1. The van der Waals surface area contributed by atoms with Crippen molar-refractivity contribution in [3.05, 3.63) is 45.1 Å². The van der Waals surface area contributed by atoms with E-state index in [0.717, 1.165) is 0 Å². The van der Waals surface area contributed by atoms with Gasteiger partial charge in [0.2, 0.25) is 0 Å². The summed E-state index contributed by atoms with van der Waals surface area (Å²) in [6, 6.07) is 10.7. The van der Waals surface area contributed by atoms with Crippen LogP contribution in [0.3, 0.4) is 0 Å². The third kappa shape index (κ3) is 2.01. The zero-order valence-corrected chi connectivity index (χ0v) is 9.65. The number of halogens is 1. The molecule has 2 rings (SSSR count). The molecule has 0 radical (unpaired) electrons. The fourth-order valence-corrected chi connectivity index (χ4v) is 2.37. The lowest BCUT2D eigenvalue weighted by molar-refractivity contribution is 1.47. The van der Waals surface area contributed by atoms with Crippen LogP contribution in [0.4, 0.5) is 0 Å². The van der Waals surface area contributed by atoms with Crippen LogP contribution >= 0.6 is 27.3 Å². The molecule has 0 N–H and O–H groups in total. The molecule has 0 atom stereocenters. The molecule has 1 aromatic heterocycles. The highest BCUT2D eigenvalue weighted by molar-refractivity contribution is 9.11. The van der Waals surface area contributed by atoms with Crippen LogP contribution in [0.5, 0.6) is 0 Å². The maximum absolute atomic E-state index is 3.46. The van der Waals surface area contributed by atoms with Gasteiger partial charge in [-0.15, -0.1) is 11.3 Å². The molecule has 0 amide bonds. The lowest BCUT2D eigenvalue weighted by Gasteiger charge is -1.97. The quantitative estimate of drug-likeness (QED) is 0.702. The van der Waals surface area contributed by atoms with Crippen molar-refractivity contribution >= 4 is 27.3 Å². The highest BCUT2D eigenvalue weighted by Gasteiger charge is 1.99. The van der Waals surface area contributed by atoms with Gasteiger partial charge in [0.15, 0.2) is 0 Å². The SMILES string of the molecule is Cc1ccc(-c2csc(Br)c2)cc1. The summed E-state index contributed by atoms with van der Waals surface area (Å²) in [7, 11) is 0. The van der Waals surface area contributed by atoms with Crippen molar-refractivity contribution in [2.45, 2.75) is 6.92 Å². The monoisotopic (exact) mass is 252 g/mol. The molecule has 0 fully saturated rings. The fraction of sp³-hybridized carbons (Fsp3) is 0.0909. The van der Waals surface area contributed by atoms with Crippen molar-refractivity contribution in [1.82, 2.24) is 0 Å². The van der Waals surface area contributed by atoms with E-state index in [1.165, 1.54) is 20.5 Å². The summed E-state index contributed by atoms with van der Waals surface area (Å²) in [4.78, 5) is 0. The molecule has 2 aromatic rings. The Bertz CT molecular complexity index is 400. The lowest BCUT2D eigenvalue weighted by Crippen LogP contribution is -1.73. The van der Waals surface area contributed by atoms with Crippen LogP contribution in [-0.2, 0) is 0 Å². The van der Waals surface area contributed by atoms with E-state index in [-0.39, 0.29) is 0 Å². The maximum atomic E-state index is 3.46. The Hall–Kier alpha value is -0.600. The molecule has 1 heterocycles. The molecule has 0 aliphatic rings. The first-order chi connectivity index (χ1) is 6.25. The molecule has 2 heteroatoms. The molecular weight excluding hydrogens is 244 g/mol. The summed E-state index contributed by atoms with van der Waals surface area (Å²) >= 11 is 5.18.